The third-order valence-corrected chi connectivity index (χ3v) is 2.99. The maximum Gasteiger partial charge on any atom is 0.191 e. The minimum Gasteiger partial charge on any atom is -0.370 e. The van der Waals surface area contributed by atoms with Crippen LogP contribution in [0.25, 0.3) is 0 Å². The third-order valence-electron chi connectivity index (χ3n) is 2.99. The molecule has 0 atom stereocenters. The maximum atomic E-state index is 13.0. The molecule has 17 heavy (non-hydrogen) atoms. The van der Waals surface area contributed by atoms with E-state index in [4.69, 9.17) is 5.73 Å². The molecule has 92 valence electrons. The van der Waals surface area contributed by atoms with Gasteiger partial charge in [0.15, 0.2) is 5.96 Å². The molecule has 2 rings (SSSR count). The van der Waals surface area contributed by atoms with Gasteiger partial charge in [0.05, 0.1) is 6.54 Å². The van der Waals surface area contributed by atoms with Gasteiger partial charge in [0, 0.05) is 13.1 Å². The van der Waals surface area contributed by atoms with Crippen LogP contribution in [0.15, 0.2) is 29.3 Å². The van der Waals surface area contributed by atoms with Crippen molar-refractivity contribution in [2.45, 2.75) is 25.8 Å². The van der Waals surface area contributed by atoms with Crippen LogP contribution in [0.3, 0.4) is 0 Å². The predicted octanol–water partition coefficient (Wildman–Crippen LogP) is 2.13. The zero-order chi connectivity index (χ0) is 12.1. The van der Waals surface area contributed by atoms with Crippen molar-refractivity contribution in [2.75, 3.05) is 13.1 Å². The highest BCUT2D eigenvalue weighted by atomic mass is 19.1. The van der Waals surface area contributed by atoms with Crippen molar-refractivity contribution in [1.82, 2.24) is 4.90 Å². The Kier molecular flexibility index (Phi) is 3.96. The van der Waals surface area contributed by atoms with Crippen molar-refractivity contribution < 1.29 is 4.39 Å². The first kappa shape index (κ1) is 11.9. The number of aliphatic imine (C=N–C) groups is 1. The molecule has 1 aliphatic rings. The molecule has 0 spiro atoms. The first-order valence-electron chi connectivity index (χ1n) is 6.05. The zero-order valence-corrected chi connectivity index (χ0v) is 9.90. The summed E-state index contributed by atoms with van der Waals surface area (Å²) in [4.78, 5) is 6.41. The average molecular weight is 235 g/mol. The van der Waals surface area contributed by atoms with E-state index in [1.165, 1.54) is 31.4 Å². The molecule has 0 radical (unpaired) electrons. The highest BCUT2D eigenvalue weighted by Crippen LogP contribution is 2.09. The van der Waals surface area contributed by atoms with Gasteiger partial charge in [-0.15, -0.1) is 0 Å². The largest absolute Gasteiger partial charge is 0.370 e. The summed E-state index contributed by atoms with van der Waals surface area (Å²) in [6.45, 7) is 2.41. The van der Waals surface area contributed by atoms with Crippen molar-refractivity contribution in [3.63, 3.8) is 0 Å². The molecule has 1 saturated heterocycles. The molecule has 4 heteroatoms. The summed E-state index contributed by atoms with van der Waals surface area (Å²) >= 11 is 0. The average Bonchev–Trinajstić information content (AvgIpc) is 2.37. The van der Waals surface area contributed by atoms with Gasteiger partial charge in [0.2, 0.25) is 0 Å². The second kappa shape index (κ2) is 5.66. The summed E-state index contributed by atoms with van der Waals surface area (Å²) in [6, 6.07) is 6.47. The number of benzene rings is 1. The summed E-state index contributed by atoms with van der Waals surface area (Å²) < 4.78 is 13.0. The van der Waals surface area contributed by atoms with Gasteiger partial charge in [-0.25, -0.2) is 9.38 Å². The van der Waals surface area contributed by atoms with Gasteiger partial charge in [-0.05, 0) is 37.0 Å². The van der Waals surface area contributed by atoms with E-state index in [1.54, 1.807) is 6.07 Å². The fourth-order valence-corrected chi connectivity index (χ4v) is 2.03. The van der Waals surface area contributed by atoms with Gasteiger partial charge in [0.25, 0.3) is 0 Å². The van der Waals surface area contributed by atoms with Crippen LogP contribution in [0.5, 0.6) is 0 Å². The van der Waals surface area contributed by atoms with E-state index >= 15 is 0 Å². The Morgan fingerprint density at radius 2 is 2.06 bits per heavy atom. The number of nitrogens with zero attached hydrogens (tertiary/aromatic N) is 2. The Morgan fingerprint density at radius 1 is 1.29 bits per heavy atom. The molecular weight excluding hydrogens is 217 g/mol. The van der Waals surface area contributed by atoms with Gasteiger partial charge < -0.3 is 10.6 Å². The monoisotopic (exact) mass is 235 g/mol. The zero-order valence-electron chi connectivity index (χ0n) is 9.90. The van der Waals surface area contributed by atoms with E-state index in [0.717, 1.165) is 18.7 Å². The first-order chi connectivity index (χ1) is 8.25. The molecule has 0 bridgehead atoms. The van der Waals surface area contributed by atoms with Crippen molar-refractivity contribution >= 4 is 5.96 Å². The van der Waals surface area contributed by atoms with Crippen LogP contribution in [0.4, 0.5) is 4.39 Å². The number of hydrogen-bond acceptors (Lipinski definition) is 1. The number of hydrogen-bond donors (Lipinski definition) is 1. The molecule has 3 nitrogen and oxygen atoms in total. The molecule has 1 aromatic carbocycles. The van der Waals surface area contributed by atoms with Gasteiger partial charge in [-0.1, -0.05) is 12.1 Å². The van der Waals surface area contributed by atoms with E-state index in [1.807, 2.05) is 6.07 Å². The summed E-state index contributed by atoms with van der Waals surface area (Å²) in [5.41, 5.74) is 6.77. The Morgan fingerprint density at radius 3 is 2.76 bits per heavy atom. The second-order valence-corrected chi connectivity index (χ2v) is 4.35. The number of nitrogens with two attached hydrogens (primary N) is 1. The molecule has 1 fully saturated rings. The Balaban J connectivity index is 1.95. The summed E-state index contributed by atoms with van der Waals surface area (Å²) in [6.07, 6.45) is 3.63. The lowest BCUT2D eigenvalue weighted by Crippen LogP contribution is -2.40. The van der Waals surface area contributed by atoms with Gasteiger partial charge >= 0.3 is 0 Å². The fraction of sp³-hybridized carbons (Fsp3) is 0.462. The van der Waals surface area contributed by atoms with Crippen molar-refractivity contribution in [3.05, 3.63) is 35.6 Å². The molecule has 1 heterocycles. The maximum absolute atomic E-state index is 13.0. The van der Waals surface area contributed by atoms with E-state index in [-0.39, 0.29) is 5.82 Å². The Hall–Kier alpha value is -1.58. The van der Waals surface area contributed by atoms with Crippen LogP contribution < -0.4 is 5.73 Å². The number of likely N-dealkylation sites (tertiary alicyclic amines) is 1. The topological polar surface area (TPSA) is 41.6 Å². The summed E-state index contributed by atoms with van der Waals surface area (Å²) in [5, 5.41) is 0. The molecule has 0 saturated carbocycles. The molecular formula is C13H18FN3. The highest BCUT2D eigenvalue weighted by molar-refractivity contribution is 5.78. The van der Waals surface area contributed by atoms with Crippen molar-refractivity contribution in [1.29, 1.82) is 0 Å². The lowest BCUT2D eigenvalue weighted by Gasteiger charge is -2.27. The number of guanidine groups is 1. The lowest BCUT2D eigenvalue weighted by molar-refractivity contribution is 0.338. The second-order valence-electron chi connectivity index (χ2n) is 4.35. The smallest absolute Gasteiger partial charge is 0.191 e. The van der Waals surface area contributed by atoms with E-state index in [2.05, 4.69) is 9.89 Å². The fourth-order valence-electron chi connectivity index (χ4n) is 2.03. The van der Waals surface area contributed by atoms with E-state index in [0.29, 0.717) is 12.5 Å². The van der Waals surface area contributed by atoms with Crippen LogP contribution in [-0.4, -0.2) is 23.9 Å². The third kappa shape index (κ3) is 3.44. The van der Waals surface area contributed by atoms with Crippen LogP contribution in [0.2, 0.25) is 0 Å². The summed E-state index contributed by atoms with van der Waals surface area (Å²) in [5.74, 6) is 0.350. The quantitative estimate of drug-likeness (QED) is 0.630. The molecule has 0 aromatic heterocycles. The lowest BCUT2D eigenvalue weighted by atomic mass is 10.1. The standard InChI is InChI=1S/C13H18FN3/c14-12-6-4-5-11(9-12)10-16-13(15)17-7-2-1-3-8-17/h4-6,9H,1-3,7-8,10H2,(H2,15,16). The number of halogens is 1. The van der Waals surface area contributed by atoms with E-state index in [9.17, 15) is 4.39 Å². The van der Waals surface area contributed by atoms with Crippen LogP contribution in [0, 0.1) is 5.82 Å². The minimum atomic E-state index is -0.228. The van der Waals surface area contributed by atoms with Gasteiger partial charge in [-0.2, -0.15) is 0 Å². The van der Waals surface area contributed by atoms with Gasteiger partial charge in [-0.3, -0.25) is 0 Å². The Labute approximate surface area is 101 Å². The van der Waals surface area contributed by atoms with Crippen LogP contribution in [-0.2, 0) is 6.54 Å². The molecule has 0 unspecified atom stereocenters. The minimum absolute atomic E-state index is 0.228. The normalized spacial score (nSPS) is 17.2. The van der Waals surface area contributed by atoms with Crippen molar-refractivity contribution in [2.24, 2.45) is 10.7 Å². The summed E-state index contributed by atoms with van der Waals surface area (Å²) in [7, 11) is 0. The van der Waals surface area contributed by atoms with Crippen LogP contribution in [0.1, 0.15) is 24.8 Å². The van der Waals surface area contributed by atoms with Crippen molar-refractivity contribution in [3.8, 4) is 0 Å². The van der Waals surface area contributed by atoms with E-state index < -0.39 is 0 Å². The van der Waals surface area contributed by atoms with Gasteiger partial charge in [0.1, 0.15) is 5.82 Å². The number of rotatable bonds is 2. The molecule has 1 aliphatic heterocycles. The predicted molar refractivity (Wildman–Crippen MR) is 67.2 cm³/mol. The molecule has 1 aromatic rings. The SMILES string of the molecule is NC(=NCc1cccc(F)c1)N1CCCCC1. The number of piperidine rings is 1. The Bertz CT molecular complexity index is 397. The van der Waals surface area contributed by atoms with Crippen LogP contribution >= 0.6 is 0 Å². The highest BCUT2D eigenvalue weighted by Gasteiger charge is 2.11. The molecule has 0 amide bonds. The molecule has 0 aliphatic carbocycles. The first-order valence-corrected chi connectivity index (χ1v) is 6.05. The molecule has 2 N–H and O–H groups in total.